The number of phenolic OH excluding ortho intramolecular Hbond substituents is 1. The molecule has 0 bridgehead atoms. The molecule has 0 unspecified atom stereocenters. The van der Waals surface area contributed by atoms with Gasteiger partial charge >= 0.3 is 0 Å². The highest BCUT2D eigenvalue weighted by molar-refractivity contribution is 7.10. The molecule has 2 heterocycles. The first kappa shape index (κ1) is 19.4. The maximum atomic E-state index is 12.6. The molecule has 6 nitrogen and oxygen atoms in total. The molecular weight excluding hydrogens is 366 g/mol. The molecule has 0 radical (unpaired) electrons. The number of ether oxygens (including phenoxy) is 2. The Bertz CT molecular complexity index is 757. The van der Waals surface area contributed by atoms with Gasteiger partial charge < -0.3 is 25.0 Å². The molecule has 0 saturated heterocycles. The van der Waals surface area contributed by atoms with E-state index in [9.17, 15) is 9.90 Å². The van der Waals surface area contributed by atoms with Gasteiger partial charge in [0.05, 0.1) is 6.61 Å². The number of hydrogen-bond acceptors (Lipinski definition) is 6. The fraction of sp³-hybridized carbons (Fsp3) is 0.350. The molecule has 3 rings (SSSR count). The number of carbonyl (C=O) groups is 1. The first-order chi connectivity index (χ1) is 13.2. The second-order valence-electron chi connectivity index (χ2n) is 6.24. The van der Waals surface area contributed by atoms with Gasteiger partial charge in [-0.2, -0.15) is 0 Å². The standard InChI is InChI=1S/C20H23NO5S/c22-9-1-2-10-25-19-13-14(18-4-3-11-27-18)12-17(26-19)20(24)21-15-5-7-16(23)8-6-15/h3-8,11-12,14,19,22-23H,1-2,9-10,13H2,(H,21,24)/t14-,19+/m0/s1. The predicted octanol–water partition coefficient (Wildman–Crippen LogP) is 3.60. The Morgan fingerprint density at radius 3 is 2.78 bits per heavy atom. The van der Waals surface area contributed by atoms with Crippen LogP contribution in [0.5, 0.6) is 5.75 Å². The molecule has 7 heteroatoms. The lowest BCUT2D eigenvalue weighted by Crippen LogP contribution is -2.29. The molecule has 1 aliphatic heterocycles. The minimum Gasteiger partial charge on any atom is -0.508 e. The zero-order valence-electron chi connectivity index (χ0n) is 14.8. The highest BCUT2D eigenvalue weighted by Crippen LogP contribution is 2.34. The molecule has 27 heavy (non-hydrogen) atoms. The summed E-state index contributed by atoms with van der Waals surface area (Å²) in [5, 5.41) is 23.0. The van der Waals surface area contributed by atoms with Gasteiger partial charge in [0, 0.05) is 29.5 Å². The van der Waals surface area contributed by atoms with Crippen LogP contribution >= 0.6 is 11.3 Å². The Morgan fingerprint density at radius 2 is 2.07 bits per heavy atom. The number of aliphatic hydroxyl groups is 1. The third-order valence-corrected chi connectivity index (χ3v) is 5.18. The maximum absolute atomic E-state index is 12.6. The summed E-state index contributed by atoms with van der Waals surface area (Å²) in [6, 6.07) is 10.3. The SMILES string of the molecule is O=C(Nc1ccc(O)cc1)C1=C[C@H](c2cccs2)C[C@H](OCCCCO)O1. The number of benzene rings is 1. The van der Waals surface area contributed by atoms with Crippen molar-refractivity contribution >= 4 is 22.9 Å². The van der Waals surface area contributed by atoms with Crippen LogP contribution in [0.2, 0.25) is 0 Å². The molecule has 144 valence electrons. The molecular formula is C20H23NO5S. The van der Waals surface area contributed by atoms with Crippen molar-refractivity contribution in [1.29, 1.82) is 0 Å². The van der Waals surface area contributed by atoms with E-state index in [0.29, 0.717) is 25.1 Å². The number of nitrogens with one attached hydrogen (secondary N) is 1. The molecule has 1 aromatic heterocycles. The Morgan fingerprint density at radius 1 is 1.26 bits per heavy atom. The third-order valence-electron chi connectivity index (χ3n) is 4.17. The fourth-order valence-electron chi connectivity index (χ4n) is 2.79. The van der Waals surface area contributed by atoms with Gasteiger partial charge in [0.2, 0.25) is 6.29 Å². The molecule has 3 N–H and O–H groups in total. The van der Waals surface area contributed by atoms with E-state index < -0.39 is 6.29 Å². The lowest BCUT2D eigenvalue weighted by Gasteiger charge is -2.28. The number of aliphatic hydroxyl groups excluding tert-OH is 1. The molecule has 0 fully saturated rings. The predicted molar refractivity (Wildman–Crippen MR) is 104 cm³/mol. The van der Waals surface area contributed by atoms with Crippen LogP contribution in [0.15, 0.2) is 53.6 Å². The summed E-state index contributed by atoms with van der Waals surface area (Å²) >= 11 is 1.63. The molecule has 0 aliphatic carbocycles. The smallest absolute Gasteiger partial charge is 0.290 e. The summed E-state index contributed by atoms with van der Waals surface area (Å²) in [5.41, 5.74) is 0.570. The molecule has 1 aliphatic rings. The molecule has 0 spiro atoms. The number of unbranched alkanes of at least 4 members (excludes halogenated alkanes) is 1. The van der Waals surface area contributed by atoms with Crippen molar-refractivity contribution in [3.63, 3.8) is 0 Å². The normalized spacial score (nSPS) is 19.2. The van der Waals surface area contributed by atoms with Crippen LogP contribution in [0.25, 0.3) is 0 Å². The first-order valence-electron chi connectivity index (χ1n) is 8.90. The average molecular weight is 389 g/mol. The number of hydrogen-bond donors (Lipinski definition) is 3. The van der Waals surface area contributed by atoms with Crippen LogP contribution in [0.1, 0.15) is 30.1 Å². The van der Waals surface area contributed by atoms with Gasteiger partial charge in [0.1, 0.15) is 5.75 Å². The highest BCUT2D eigenvalue weighted by Gasteiger charge is 2.29. The van der Waals surface area contributed by atoms with E-state index in [-0.39, 0.29) is 29.9 Å². The van der Waals surface area contributed by atoms with Crippen LogP contribution in [0, 0.1) is 0 Å². The minimum absolute atomic E-state index is 0.0437. The van der Waals surface area contributed by atoms with E-state index >= 15 is 0 Å². The van der Waals surface area contributed by atoms with E-state index in [1.165, 1.54) is 12.1 Å². The number of aromatic hydroxyl groups is 1. The third kappa shape index (κ3) is 5.56. The monoisotopic (exact) mass is 389 g/mol. The Kier molecular flexibility index (Phi) is 6.86. The topological polar surface area (TPSA) is 88.0 Å². The van der Waals surface area contributed by atoms with Gasteiger partial charge in [0.15, 0.2) is 5.76 Å². The highest BCUT2D eigenvalue weighted by atomic mass is 32.1. The van der Waals surface area contributed by atoms with Crippen molar-refractivity contribution in [1.82, 2.24) is 0 Å². The van der Waals surface area contributed by atoms with E-state index in [2.05, 4.69) is 5.32 Å². The molecule has 1 amide bonds. The average Bonchev–Trinajstić information content (AvgIpc) is 3.22. The quantitative estimate of drug-likeness (QED) is 0.474. The van der Waals surface area contributed by atoms with Crippen LogP contribution in [0.4, 0.5) is 5.69 Å². The van der Waals surface area contributed by atoms with Crippen molar-refractivity contribution in [3.05, 3.63) is 58.5 Å². The van der Waals surface area contributed by atoms with E-state index in [1.54, 1.807) is 23.5 Å². The zero-order chi connectivity index (χ0) is 19.1. The van der Waals surface area contributed by atoms with Crippen LogP contribution in [-0.2, 0) is 14.3 Å². The molecule has 2 aromatic rings. The summed E-state index contributed by atoms with van der Waals surface area (Å²) in [5.74, 6) is 0.0446. The van der Waals surface area contributed by atoms with Crippen molar-refractivity contribution in [2.75, 3.05) is 18.5 Å². The number of thiophene rings is 1. The van der Waals surface area contributed by atoms with Crippen molar-refractivity contribution in [3.8, 4) is 5.75 Å². The van der Waals surface area contributed by atoms with E-state index in [4.69, 9.17) is 14.6 Å². The molecule has 1 aromatic carbocycles. The van der Waals surface area contributed by atoms with Crippen molar-refractivity contribution < 1.29 is 24.5 Å². The van der Waals surface area contributed by atoms with E-state index in [0.717, 1.165) is 11.3 Å². The van der Waals surface area contributed by atoms with Gasteiger partial charge in [-0.05, 0) is 54.6 Å². The van der Waals surface area contributed by atoms with Gasteiger partial charge in [-0.15, -0.1) is 11.3 Å². The van der Waals surface area contributed by atoms with Gasteiger partial charge in [-0.25, -0.2) is 0 Å². The van der Waals surface area contributed by atoms with Gasteiger partial charge in [0.25, 0.3) is 5.91 Å². The number of amides is 1. The Labute approximate surface area is 162 Å². The number of carbonyl (C=O) groups excluding carboxylic acids is 1. The van der Waals surface area contributed by atoms with Gasteiger partial charge in [-0.3, -0.25) is 4.79 Å². The second-order valence-corrected chi connectivity index (χ2v) is 7.22. The largest absolute Gasteiger partial charge is 0.508 e. The van der Waals surface area contributed by atoms with Crippen LogP contribution in [-0.4, -0.2) is 35.6 Å². The van der Waals surface area contributed by atoms with Crippen LogP contribution < -0.4 is 5.32 Å². The fourth-order valence-corrected chi connectivity index (χ4v) is 3.60. The summed E-state index contributed by atoms with van der Waals surface area (Å²) in [6.07, 6.45) is 3.36. The van der Waals surface area contributed by atoms with E-state index in [1.807, 2.05) is 23.6 Å². The summed E-state index contributed by atoms with van der Waals surface area (Å²) in [7, 11) is 0. The lowest BCUT2D eigenvalue weighted by molar-refractivity contribution is -0.143. The van der Waals surface area contributed by atoms with Gasteiger partial charge in [-0.1, -0.05) is 6.07 Å². The van der Waals surface area contributed by atoms with Crippen molar-refractivity contribution in [2.24, 2.45) is 0 Å². The minimum atomic E-state index is -0.513. The van der Waals surface area contributed by atoms with Crippen LogP contribution in [0.3, 0.4) is 0 Å². The Balaban J connectivity index is 1.70. The Hall–Kier alpha value is -2.35. The number of anilines is 1. The first-order valence-corrected chi connectivity index (χ1v) is 9.78. The number of rotatable bonds is 8. The molecule has 0 saturated carbocycles. The summed E-state index contributed by atoms with van der Waals surface area (Å²) in [6.45, 7) is 0.599. The second kappa shape index (κ2) is 9.55. The maximum Gasteiger partial charge on any atom is 0.290 e. The lowest BCUT2D eigenvalue weighted by atomic mass is 9.99. The molecule has 2 atom stereocenters. The zero-order valence-corrected chi connectivity index (χ0v) is 15.7. The summed E-state index contributed by atoms with van der Waals surface area (Å²) < 4.78 is 11.5. The van der Waals surface area contributed by atoms with Crippen molar-refractivity contribution in [2.45, 2.75) is 31.5 Å². The number of phenols is 1. The summed E-state index contributed by atoms with van der Waals surface area (Å²) in [4.78, 5) is 13.8. The number of allylic oxidation sites excluding steroid dienone is 1.